The molecular formula is C10H12N2O3S. The quantitative estimate of drug-likeness (QED) is 0.862. The molecule has 16 heavy (non-hydrogen) atoms. The number of nitrogens with zero attached hydrogens (tertiary/aromatic N) is 1. The summed E-state index contributed by atoms with van der Waals surface area (Å²) in [5.74, 6) is 0.977. The van der Waals surface area contributed by atoms with Crippen LogP contribution in [0, 0.1) is 0 Å². The van der Waals surface area contributed by atoms with Crippen LogP contribution in [-0.4, -0.2) is 16.7 Å². The lowest BCUT2D eigenvalue weighted by atomic mass is 10.2. The van der Waals surface area contributed by atoms with Crippen LogP contribution in [0.5, 0.6) is 5.75 Å². The highest BCUT2D eigenvalue weighted by Gasteiger charge is 2.07. The van der Waals surface area contributed by atoms with Gasteiger partial charge in [0, 0.05) is 11.3 Å². The number of H-pyrrole nitrogens is 1. The highest BCUT2D eigenvalue weighted by Crippen LogP contribution is 2.25. The number of hydrogen-bond donors (Lipinski definition) is 1. The Labute approximate surface area is 96.0 Å². The van der Waals surface area contributed by atoms with Crippen LogP contribution in [0.1, 0.15) is 17.6 Å². The summed E-state index contributed by atoms with van der Waals surface area (Å²) in [4.78, 5) is 14.4. The van der Waals surface area contributed by atoms with E-state index in [0.29, 0.717) is 18.9 Å². The average Bonchev–Trinajstić information content (AvgIpc) is 2.85. The lowest BCUT2D eigenvalue weighted by Gasteiger charge is -2.02. The molecule has 0 aromatic carbocycles. The Morgan fingerprint density at radius 2 is 2.44 bits per heavy atom. The van der Waals surface area contributed by atoms with Gasteiger partial charge in [0.25, 0.3) is 0 Å². The fourth-order valence-electron chi connectivity index (χ4n) is 1.40. The minimum absolute atomic E-state index is 0.508. The highest BCUT2D eigenvalue weighted by atomic mass is 32.1. The molecule has 0 fully saturated rings. The van der Waals surface area contributed by atoms with E-state index < -0.39 is 5.76 Å². The predicted molar refractivity (Wildman–Crippen MR) is 60.0 cm³/mol. The summed E-state index contributed by atoms with van der Waals surface area (Å²) >= 11 is 1.64. The lowest BCUT2D eigenvalue weighted by Crippen LogP contribution is -1.99. The van der Waals surface area contributed by atoms with E-state index in [4.69, 9.17) is 4.74 Å². The van der Waals surface area contributed by atoms with E-state index in [1.54, 1.807) is 11.3 Å². The van der Waals surface area contributed by atoms with Gasteiger partial charge in [-0.15, -0.1) is 11.3 Å². The minimum Gasteiger partial charge on any atom is -0.493 e. The van der Waals surface area contributed by atoms with Gasteiger partial charge in [-0.2, -0.15) is 0 Å². The highest BCUT2D eigenvalue weighted by molar-refractivity contribution is 7.10. The van der Waals surface area contributed by atoms with Gasteiger partial charge >= 0.3 is 5.76 Å². The molecule has 0 aliphatic carbocycles. The van der Waals surface area contributed by atoms with Crippen molar-refractivity contribution in [2.75, 3.05) is 6.61 Å². The number of nitrogens with one attached hydrogen (secondary N) is 1. The lowest BCUT2D eigenvalue weighted by molar-refractivity contribution is 0.338. The van der Waals surface area contributed by atoms with Gasteiger partial charge < -0.3 is 4.74 Å². The number of thiophene rings is 1. The van der Waals surface area contributed by atoms with Crippen LogP contribution in [0.4, 0.5) is 0 Å². The maximum Gasteiger partial charge on any atom is 0.438 e. The molecule has 86 valence electrons. The molecule has 0 amide bonds. The van der Waals surface area contributed by atoms with E-state index in [9.17, 15) is 4.79 Å². The van der Waals surface area contributed by atoms with Crippen molar-refractivity contribution in [3.8, 4) is 5.75 Å². The predicted octanol–water partition coefficient (Wildman–Crippen LogP) is 1.61. The monoisotopic (exact) mass is 240 g/mol. The molecular weight excluding hydrogens is 228 g/mol. The summed E-state index contributed by atoms with van der Waals surface area (Å²) in [6.07, 6.45) is 1.43. The van der Waals surface area contributed by atoms with Gasteiger partial charge in [0.2, 0.25) is 0 Å². The van der Waals surface area contributed by atoms with Crippen LogP contribution in [0.2, 0.25) is 0 Å². The molecule has 0 saturated carbocycles. The molecule has 0 spiro atoms. The normalized spacial score (nSPS) is 10.6. The largest absolute Gasteiger partial charge is 0.493 e. The van der Waals surface area contributed by atoms with Gasteiger partial charge in [-0.05, 0) is 24.8 Å². The average molecular weight is 240 g/mol. The number of rotatable bonds is 5. The van der Waals surface area contributed by atoms with Crippen LogP contribution in [0.3, 0.4) is 0 Å². The Morgan fingerprint density at radius 3 is 3.12 bits per heavy atom. The zero-order valence-electron chi connectivity index (χ0n) is 8.86. The fraction of sp³-hybridized carbons (Fsp3) is 0.400. The summed E-state index contributed by atoms with van der Waals surface area (Å²) in [6.45, 7) is 2.61. The van der Waals surface area contributed by atoms with E-state index in [0.717, 1.165) is 17.0 Å². The number of aromatic nitrogens is 2. The first-order valence-electron chi connectivity index (χ1n) is 5.03. The zero-order valence-corrected chi connectivity index (χ0v) is 9.67. The van der Waals surface area contributed by atoms with Gasteiger partial charge in [-0.1, -0.05) is 5.16 Å². The van der Waals surface area contributed by atoms with Crippen molar-refractivity contribution in [3.05, 3.63) is 32.7 Å². The smallest absolute Gasteiger partial charge is 0.438 e. The molecule has 1 N–H and O–H groups in total. The number of hydrogen-bond acceptors (Lipinski definition) is 5. The molecule has 0 atom stereocenters. The number of aromatic amines is 1. The van der Waals surface area contributed by atoms with Crippen molar-refractivity contribution in [3.63, 3.8) is 0 Å². The topological polar surface area (TPSA) is 68.1 Å². The van der Waals surface area contributed by atoms with Crippen molar-refractivity contribution < 1.29 is 9.26 Å². The standard InChI is InChI=1S/C10H12N2O3S/c1-2-14-7-5-6-16-8(7)3-4-9-11-10(13)15-12-9/h5-6H,2-4H2,1H3,(H,11,12,13). The van der Waals surface area contributed by atoms with Gasteiger partial charge in [-0.25, -0.2) is 4.79 Å². The van der Waals surface area contributed by atoms with Crippen molar-refractivity contribution in [1.29, 1.82) is 0 Å². The molecule has 5 nitrogen and oxygen atoms in total. The first-order chi connectivity index (χ1) is 7.79. The molecule has 0 bridgehead atoms. The van der Waals surface area contributed by atoms with Gasteiger partial charge in [0.05, 0.1) is 6.61 Å². The first kappa shape index (κ1) is 10.9. The third-order valence-corrected chi connectivity index (χ3v) is 3.04. The fourth-order valence-corrected chi connectivity index (χ4v) is 2.21. The van der Waals surface area contributed by atoms with Crippen LogP contribution in [0.15, 0.2) is 20.8 Å². The molecule has 6 heteroatoms. The van der Waals surface area contributed by atoms with Crippen molar-refractivity contribution >= 4 is 11.3 Å². The third-order valence-electron chi connectivity index (χ3n) is 2.08. The molecule has 2 heterocycles. The van der Waals surface area contributed by atoms with Gasteiger partial charge in [-0.3, -0.25) is 9.51 Å². The molecule has 0 aliphatic rings. The molecule has 0 aliphatic heterocycles. The summed E-state index contributed by atoms with van der Waals surface area (Å²) < 4.78 is 9.89. The van der Waals surface area contributed by atoms with Crippen molar-refractivity contribution in [2.24, 2.45) is 0 Å². The summed E-state index contributed by atoms with van der Waals surface area (Å²) in [6, 6.07) is 1.95. The van der Waals surface area contributed by atoms with E-state index in [-0.39, 0.29) is 0 Å². The van der Waals surface area contributed by atoms with Crippen molar-refractivity contribution in [1.82, 2.24) is 10.1 Å². The summed E-state index contributed by atoms with van der Waals surface area (Å²) in [5.41, 5.74) is 0. The third kappa shape index (κ3) is 2.52. The van der Waals surface area contributed by atoms with Crippen LogP contribution in [0.25, 0.3) is 0 Å². The Hall–Kier alpha value is -1.56. The number of ether oxygens (including phenoxy) is 1. The zero-order chi connectivity index (χ0) is 11.4. The van der Waals surface area contributed by atoms with E-state index >= 15 is 0 Å². The Balaban J connectivity index is 1.99. The minimum atomic E-state index is -0.508. The maximum absolute atomic E-state index is 10.7. The Morgan fingerprint density at radius 1 is 1.56 bits per heavy atom. The van der Waals surface area contributed by atoms with E-state index in [1.165, 1.54) is 0 Å². The second kappa shape index (κ2) is 4.98. The van der Waals surface area contributed by atoms with Crippen LogP contribution in [-0.2, 0) is 12.8 Å². The van der Waals surface area contributed by atoms with E-state index in [2.05, 4.69) is 14.7 Å². The second-order valence-electron chi connectivity index (χ2n) is 3.18. The van der Waals surface area contributed by atoms with E-state index in [1.807, 2.05) is 18.4 Å². The number of aryl methyl sites for hydroxylation is 2. The van der Waals surface area contributed by atoms with Gasteiger partial charge in [0.15, 0.2) is 5.82 Å². The molecule has 0 radical (unpaired) electrons. The van der Waals surface area contributed by atoms with Crippen molar-refractivity contribution in [2.45, 2.75) is 19.8 Å². The molecule has 2 aromatic heterocycles. The first-order valence-corrected chi connectivity index (χ1v) is 5.91. The SMILES string of the molecule is CCOc1ccsc1CCc1noc(=O)[nH]1. The maximum atomic E-state index is 10.7. The molecule has 0 unspecified atom stereocenters. The van der Waals surface area contributed by atoms with Crippen LogP contribution < -0.4 is 10.5 Å². The second-order valence-corrected chi connectivity index (χ2v) is 4.18. The Kier molecular flexibility index (Phi) is 3.40. The summed E-state index contributed by atoms with van der Waals surface area (Å²) in [7, 11) is 0. The van der Waals surface area contributed by atoms with Crippen LogP contribution >= 0.6 is 11.3 Å². The van der Waals surface area contributed by atoms with Gasteiger partial charge in [0.1, 0.15) is 5.75 Å². The molecule has 0 saturated heterocycles. The molecule has 2 rings (SSSR count). The Bertz CT molecular complexity index is 500. The molecule has 2 aromatic rings. The summed E-state index contributed by atoms with van der Waals surface area (Å²) in [5, 5.41) is 5.60.